The molecule has 0 saturated carbocycles. The molecule has 0 saturated heterocycles. The Balaban J connectivity index is 1.71. The molecule has 140 valence electrons. The van der Waals surface area contributed by atoms with E-state index in [1.165, 1.54) is 17.7 Å². The molecule has 0 fully saturated rings. The maximum absolute atomic E-state index is 13.5. The van der Waals surface area contributed by atoms with Gasteiger partial charge in [-0.1, -0.05) is 30.7 Å². The van der Waals surface area contributed by atoms with Gasteiger partial charge < -0.3 is 10.6 Å². The van der Waals surface area contributed by atoms with Crippen molar-refractivity contribution in [2.45, 2.75) is 25.8 Å². The number of hydrogen-bond acceptors (Lipinski definition) is 4. The molecule has 0 spiro atoms. The quantitative estimate of drug-likeness (QED) is 0.751. The number of benzene rings is 2. The van der Waals surface area contributed by atoms with Crippen LogP contribution < -0.4 is 16.0 Å². The average molecular weight is 389 g/mol. The molecule has 0 aliphatic carbocycles. The number of halogens is 2. The van der Waals surface area contributed by atoms with Crippen LogP contribution >= 0.6 is 11.6 Å². The molecule has 27 heavy (non-hydrogen) atoms. The Morgan fingerprint density at radius 2 is 1.96 bits per heavy atom. The maximum Gasteiger partial charge on any atom is 0.249 e. The van der Waals surface area contributed by atoms with E-state index in [4.69, 9.17) is 11.6 Å². The van der Waals surface area contributed by atoms with Crippen LogP contribution in [-0.2, 0) is 16.0 Å². The lowest BCUT2D eigenvalue weighted by molar-refractivity contribution is -0.124. The summed E-state index contributed by atoms with van der Waals surface area (Å²) in [5, 5.41) is 8.10. The fourth-order valence-corrected chi connectivity index (χ4v) is 2.68. The van der Waals surface area contributed by atoms with E-state index >= 15 is 0 Å². The first-order chi connectivity index (χ1) is 12.9. The van der Waals surface area contributed by atoms with Crippen LogP contribution in [0.25, 0.3) is 0 Å². The largest absolute Gasteiger partial charge is 0.326 e. The topological polar surface area (TPSA) is 82.6 Å². The predicted octanol–water partition coefficient (Wildman–Crippen LogP) is 3.34. The van der Waals surface area contributed by atoms with Gasteiger partial charge in [-0.3, -0.25) is 14.9 Å². The first-order valence-electron chi connectivity index (χ1n) is 8.44. The molecule has 2 amide bonds. The van der Waals surface area contributed by atoms with Crippen LogP contribution in [0.15, 0.2) is 47.5 Å². The van der Waals surface area contributed by atoms with Crippen LogP contribution in [0.1, 0.15) is 18.9 Å². The van der Waals surface area contributed by atoms with Crippen molar-refractivity contribution in [1.29, 1.82) is 0 Å². The molecule has 3 rings (SSSR count). The van der Waals surface area contributed by atoms with Crippen molar-refractivity contribution in [1.82, 2.24) is 5.32 Å². The molecule has 8 heteroatoms. The monoisotopic (exact) mass is 388 g/mol. The second-order valence-electron chi connectivity index (χ2n) is 6.04. The highest BCUT2D eigenvalue weighted by Crippen LogP contribution is 2.19. The van der Waals surface area contributed by atoms with Gasteiger partial charge in [-0.2, -0.15) is 0 Å². The van der Waals surface area contributed by atoms with Gasteiger partial charge in [-0.25, -0.2) is 9.38 Å². The van der Waals surface area contributed by atoms with Gasteiger partial charge in [0.2, 0.25) is 17.8 Å². The van der Waals surface area contributed by atoms with Gasteiger partial charge in [0.15, 0.2) is 0 Å². The summed E-state index contributed by atoms with van der Waals surface area (Å²) in [4.78, 5) is 28.6. The number of anilines is 2. The second kappa shape index (κ2) is 8.18. The molecule has 1 aliphatic heterocycles. The number of aryl methyl sites for hydroxylation is 1. The number of aliphatic imine (C=N–C) groups is 1. The Hall–Kier alpha value is -2.93. The number of rotatable bonds is 4. The van der Waals surface area contributed by atoms with E-state index in [0.717, 1.165) is 18.2 Å². The highest BCUT2D eigenvalue weighted by Gasteiger charge is 2.27. The minimum atomic E-state index is -0.921. The number of nitrogens with one attached hydrogen (secondary N) is 3. The van der Waals surface area contributed by atoms with Crippen molar-refractivity contribution in [3.8, 4) is 0 Å². The first kappa shape index (κ1) is 18.8. The zero-order valence-electron chi connectivity index (χ0n) is 14.6. The molecule has 0 bridgehead atoms. The summed E-state index contributed by atoms with van der Waals surface area (Å²) in [6.07, 6.45) is 0.827. The molecule has 6 nitrogen and oxygen atoms in total. The third-order valence-electron chi connectivity index (χ3n) is 4.04. The lowest BCUT2D eigenvalue weighted by Gasteiger charge is -2.21. The van der Waals surface area contributed by atoms with Gasteiger partial charge in [0, 0.05) is 11.4 Å². The summed E-state index contributed by atoms with van der Waals surface area (Å²) >= 11 is 5.63. The third-order valence-corrected chi connectivity index (χ3v) is 4.34. The molecule has 0 aromatic heterocycles. The fraction of sp³-hybridized carbons (Fsp3) is 0.211. The summed E-state index contributed by atoms with van der Waals surface area (Å²) in [5.74, 6) is -1.29. The Labute approximate surface area is 160 Å². The van der Waals surface area contributed by atoms with Crippen LogP contribution in [0.3, 0.4) is 0 Å². The van der Waals surface area contributed by atoms with Gasteiger partial charge in [0.1, 0.15) is 11.9 Å². The molecular weight excluding hydrogens is 371 g/mol. The zero-order chi connectivity index (χ0) is 19.4. The van der Waals surface area contributed by atoms with Crippen LogP contribution in [-0.4, -0.2) is 23.8 Å². The summed E-state index contributed by atoms with van der Waals surface area (Å²) in [7, 11) is 0. The van der Waals surface area contributed by atoms with Gasteiger partial charge in [0.25, 0.3) is 0 Å². The summed E-state index contributed by atoms with van der Waals surface area (Å²) < 4.78 is 13.5. The third kappa shape index (κ3) is 4.83. The number of hydrogen-bond donors (Lipinski definition) is 3. The lowest BCUT2D eigenvalue weighted by atomic mass is 10.1. The molecule has 2 aromatic carbocycles. The molecular formula is C19H18ClFN4O2. The molecule has 3 N–H and O–H groups in total. The molecule has 1 aliphatic rings. The van der Waals surface area contributed by atoms with Gasteiger partial charge in [0.05, 0.1) is 11.4 Å². The van der Waals surface area contributed by atoms with Crippen molar-refractivity contribution in [2.24, 2.45) is 4.99 Å². The number of carbonyl (C=O) groups excluding carboxylic acids is 2. The van der Waals surface area contributed by atoms with Crippen molar-refractivity contribution in [2.75, 3.05) is 10.6 Å². The average Bonchev–Trinajstić information content (AvgIpc) is 2.65. The maximum atomic E-state index is 13.5. The Bertz CT molecular complexity index is 899. The standard InChI is InChI=1S/C19H18ClFN4O2/c1-2-11-3-5-12(6-4-11)23-19-24-16(10-17(26)25-19)18(27)22-13-7-8-14(20)15(21)9-13/h3-9,16H,2,10H2,1H3,(H,22,27)(H2,23,24,25,26). The minimum absolute atomic E-state index is 0.0383. The molecule has 1 atom stereocenters. The van der Waals surface area contributed by atoms with E-state index in [1.54, 1.807) is 0 Å². The fourth-order valence-electron chi connectivity index (χ4n) is 2.57. The Kier molecular flexibility index (Phi) is 5.71. The van der Waals surface area contributed by atoms with Gasteiger partial charge in [-0.05, 0) is 42.3 Å². The van der Waals surface area contributed by atoms with Gasteiger partial charge >= 0.3 is 0 Å². The van der Waals surface area contributed by atoms with Gasteiger partial charge in [-0.15, -0.1) is 0 Å². The molecule has 1 unspecified atom stereocenters. The van der Waals surface area contributed by atoms with E-state index in [0.29, 0.717) is 0 Å². The second-order valence-corrected chi connectivity index (χ2v) is 6.45. The Morgan fingerprint density at radius 3 is 2.63 bits per heavy atom. The number of amides is 2. The van der Waals surface area contributed by atoms with Crippen molar-refractivity contribution >= 4 is 40.7 Å². The number of guanidine groups is 1. The highest BCUT2D eigenvalue weighted by molar-refractivity contribution is 6.30. The van der Waals surface area contributed by atoms with Crippen LogP contribution in [0.2, 0.25) is 5.02 Å². The van der Waals surface area contributed by atoms with E-state index < -0.39 is 17.8 Å². The van der Waals surface area contributed by atoms with Crippen LogP contribution in [0.4, 0.5) is 15.8 Å². The van der Waals surface area contributed by atoms with Crippen molar-refractivity contribution in [3.05, 3.63) is 58.9 Å². The Morgan fingerprint density at radius 1 is 1.26 bits per heavy atom. The zero-order valence-corrected chi connectivity index (χ0v) is 15.3. The molecule has 0 radical (unpaired) electrons. The minimum Gasteiger partial charge on any atom is -0.326 e. The molecule has 2 aromatic rings. The van der Waals surface area contributed by atoms with E-state index in [2.05, 4.69) is 27.9 Å². The van der Waals surface area contributed by atoms with E-state index in [-0.39, 0.29) is 29.0 Å². The lowest BCUT2D eigenvalue weighted by Crippen LogP contribution is -2.45. The SMILES string of the molecule is CCc1ccc(NC2=NC(C(=O)Nc3ccc(Cl)c(F)c3)CC(=O)N2)cc1. The summed E-state index contributed by atoms with van der Waals surface area (Å²) in [5.41, 5.74) is 2.17. The molecule has 1 heterocycles. The van der Waals surface area contributed by atoms with E-state index in [9.17, 15) is 14.0 Å². The number of carbonyl (C=O) groups is 2. The van der Waals surface area contributed by atoms with Crippen LogP contribution in [0, 0.1) is 5.82 Å². The number of nitrogens with zero attached hydrogens (tertiary/aromatic N) is 1. The smallest absolute Gasteiger partial charge is 0.249 e. The summed E-state index contributed by atoms with van der Waals surface area (Å²) in [6, 6.07) is 10.7. The van der Waals surface area contributed by atoms with Crippen LogP contribution in [0.5, 0.6) is 0 Å². The predicted molar refractivity (Wildman–Crippen MR) is 103 cm³/mol. The van der Waals surface area contributed by atoms with Crippen molar-refractivity contribution in [3.63, 3.8) is 0 Å². The van der Waals surface area contributed by atoms with Crippen molar-refractivity contribution < 1.29 is 14.0 Å². The highest BCUT2D eigenvalue weighted by atomic mass is 35.5. The summed E-state index contributed by atoms with van der Waals surface area (Å²) in [6.45, 7) is 2.06. The normalized spacial score (nSPS) is 16.3. The first-order valence-corrected chi connectivity index (χ1v) is 8.82. The van der Waals surface area contributed by atoms with E-state index in [1.807, 2.05) is 24.3 Å².